The number of aromatic amines is 1. The van der Waals surface area contributed by atoms with Gasteiger partial charge in [0.1, 0.15) is 0 Å². The van der Waals surface area contributed by atoms with Crippen LogP contribution in [0.25, 0.3) is 11.0 Å². The molecule has 0 spiro atoms. The maximum Gasteiger partial charge on any atom is 0.250 e. The molecule has 0 bridgehead atoms. The lowest BCUT2D eigenvalue weighted by molar-refractivity contribution is -0.118. The fourth-order valence-electron chi connectivity index (χ4n) is 2.28. The van der Waals surface area contributed by atoms with Crippen LogP contribution >= 0.6 is 34.4 Å². The molecular weight excluding hydrogens is 479 g/mol. The van der Waals surface area contributed by atoms with Crippen LogP contribution in [0.1, 0.15) is 12.5 Å². The summed E-state index contributed by atoms with van der Waals surface area (Å²) in [7, 11) is 0. The largest absolute Gasteiger partial charge is 0.504 e. The number of hydrazone groups is 1. The molecule has 2 aromatic carbocycles. The van der Waals surface area contributed by atoms with Crippen molar-refractivity contribution in [1.82, 2.24) is 15.4 Å². The molecule has 3 N–H and O–H groups in total. The third-order valence-electron chi connectivity index (χ3n) is 3.46. The number of thioether (sulfide) groups is 1. The van der Waals surface area contributed by atoms with Gasteiger partial charge in [0.25, 0.3) is 5.91 Å². The van der Waals surface area contributed by atoms with Crippen LogP contribution in [0.4, 0.5) is 0 Å². The number of halogens is 1. The smallest absolute Gasteiger partial charge is 0.250 e. The summed E-state index contributed by atoms with van der Waals surface area (Å²) in [5.41, 5.74) is 5.00. The number of benzene rings is 2. The van der Waals surface area contributed by atoms with E-state index < -0.39 is 0 Å². The van der Waals surface area contributed by atoms with E-state index in [0.29, 0.717) is 26.6 Å². The zero-order chi connectivity index (χ0) is 19.2. The van der Waals surface area contributed by atoms with Crippen LogP contribution in [0, 0.1) is 3.57 Å². The van der Waals surface area contributed by atoms with E-state index in [4.69, 9.17) is 4.74 Å². The van der Waals surface area contributed by atoms with E-state index >= 15 is 0 Å². The van der Waals surface area contributed by atoms with Gasteiger partial charge in [-0.2, -0.15) is 5.10 Å². The zero-order valence-corrected chi connectivity index (χ0v) is 17.4. The number of fused-ring (bicyclic) bond motifs is 1. The number of carbonyl (C=O) groups is 1. The zero-order valence-electron chi connectivity index (χ0n) is 14.4. The first kappa shape index (κ1) is 19.5. The van der Waals surface area contributed by atoms with Crippen molar-refractivity contribution in [1.29, 1.82) is 0 Å². The summed E-state index contributed by atoms with van der Waals surface area (Å²) >= 11 is 3.32. The summed E-state index contributed by atoms with van der Waals surface area (Å²) in [5.74, 6) is 0.433. The average molecular weight is 496 g/mol. The van der Waals surface area contributed by atoms with Gasteiger partial charge in [0.15, 0.2) is 16.7 Å². The number of imidazole rings is 1. The van der Waals surface area contributed by atoms with Crippen LogP contribution in [0.3, 0.4) is 0 Å². The number of para-hydroxylation sites is 2. The van der Waals surface area contributed by atoms with Gasteiger partial charge in [-0.1, -0.05) is 23.9 Å². The lowest BCUT2D eigenvalue weighted by Gasteiger charge is -2.08. The first-order valence-corrected chi connectivity index (χ1v) is 10.2. The van der Waals surface area contributed by atoms with Crippen molar-refractivity contribution >= 4 is 57.5 Å². The molecule has 0 aliphatic rings. The standard InChI is InChI=1S/C18H17IN4O3S/c1-2-26-15-8-11(7-12(19)17(15)25)9-20-23-16(24)10-27-18-21-13-5-3-4-6-14(13)22-18/h3-9,25H,2,10H2,1H3,(H,21,22)(H,23,24)/b20-9-. The van der Waals surface area contributed by atoms with Gasteiger partial charge < -0.3 is 14.8 Å². The number of nitrogens with zero attached hydrogens (tertiary/aromatic N) is 2. The van der Waals surface area contributed by atoms with Gasteiger partial charge in [-0.3, -0.25) is 4.79 Å². The predicted molar refractivity (Wildman–Crippen MR) is 115 cm³/mol. The third kappa shape index (κ3) is 5.13. The normalized spacial score (nSPS) is 11.2. The molecule has 1 aromatic heterocycles. The molecule has 0 saturated carbocycles. The van der Waals surface area contributed by atoms with E-state index in [0.717, 1.165) is 11.0 Å². The number of rotatable bonds is 7. The molecule has 1 amide bonds. The molecule has 7 nitrogen and oxygen atoms in total. The van der Waals surface area contributed by atoms with Gasteiger partial charge in [0, 0.05) is 0 Å². The summed E-state index contributed by atoms with van der Waals surface area (Å²) in [6.45, 7) is 2.28. The lowest BCUT2D eigenvalue weighted by atomic mass is 10.2. The lowest BCUT2D eigenvalue weighted by Crippen LogP contribution is -2.19. The Balaban J connectivity index is 1.55. The molecule has 3 aromatic rings. The van der Waals surface area contributed by atoms with E-state index in [1.165, 1.54) is 18.0 Å². The number of hydrogen-bond donors (Lipinski definition) is 3. The molecule has 3 rings (SSSR count). The number of carbonyl (C=O) groups excluding carboxylic acids is 1. The minimum absolute atomic E-state index is 0.0980. The van der Waals surface area contributed by atoms with Crippen molar-refractivity contribution in [2.45, 2.75) is 12.1 Å². The van der Waals surface area contributed by atoms with Crippen LogP contribution in [0.5, 0.6) is 11.5 Å². The van der Waals surface area contributed by atoms with Gasteiger partial charge >= 0.3 is 0 Å². The molecule has 140 valence electrons. The van der Waals surface area contributed by atoms with Crippen LogP contribution < -0.4 is 10.2 Å². The maximum atomic E-state index is 12.0. The van der Waals surface area contributed by atoms with Crippen LogP contribution in [-0.2, 0) is 4.79 Å². The van der Waals surface area contributed by atoms with Crippen molar-refractivity contribution in [2.75, 3.05) is 12.4 Å². The monoisotopic (exact) mass is 496 g/mol. The molecule has 0 aliphatic heterocycles. The topological polar surface area (TPSA) is 99.6 Å². The van der Waals surface area contributed by atoms with Gasteiger partial charge in [-0.05, 0) is 59.3 Å². The summed E-state index contributed by atoms with van der Waals surface area (Å²) in [6.07, 6.45) is 1.51. The first-order chi connectivity index (χ1) is 13.1. The molecule has 0 aliphatic carbocycles. The Kier molecular flexibility index (Phi) is 6.56. The summed E-state index contributed by atoms with van der Waals surface area (Å²) in [4.78, 5) is 19.5. The summed E-state index contributed by atoms with van der Waals surface area (Å²) in [6, 6.07) is 11.1. The SMILES string of the molecule is CCOc1cc(/C=N\NC(=O)CSc2nc3ccccc3[nH]2)cc(I)c1O. The van der Waals surface area contributed by atoms with Crippen LogP contribution in [0.2, 0.25) is 0 Å². The first-order valence-electron chi connectivity index (χ1n) is 8.11. The van der Waals surface area contributed by atoms with Crippen molar-refractivity contribution in [3.05, 3.63) is 45.5 Å². The number of aromatic nitrogens is 2. The molecule has 9 heteroatoms. The number of ether oxygens (including phenoxy) is 1. The number of aromatic hydroxyl groups is 1. The van der Waals surface area contributed by atoms with E-state index in [1.807, 2.05) is 53.8 Å². The van der Waals surface area contributed by atoms with Crippen molar-refractivity contribution < 1.29 is 14.6 Å². The van der Waals surface area contributed by atoms with E-state index in [-0.39, 0.29) is 17.4 Å². The van der Waals surface area contributed by atoms with Gasteiger partial charge in [0.2, 0.25) is 0 Å². The Morgan fingerprint density at radius 3 is 3.04 bits per heavy atom. The maximum absolute atomic E-state index is 12.0. The number of phenolic OH excluding ortho intramolecular Hbond substituents is 1. The summed E-state index contributed by atoms with van der Waals surface area (Å²) in [5, 5.41) is 14.6. The van der Waals surface area contributed by atoms with Crippen molar-refractivity contribution in [3.8, 4) is 11.5 Å². The summed E-state index contributed by atoms with van der Waals surface area (Å²) < 4.78 is 6.03. The second-order valence-corrected chi connectivity index (χ2v) is 7.55. The second-order valence-electron chi connectivity index (χ2n) is 5.42. The minimum Gasteiger partial charge on any atom is -0.504 e. The van der Waals surface area contributed by atoms with Gasteiger partial charge in [-0.15, -0.1) is 0 Å². The molecule has 1 heterocycles. The Morgan fingerprint density at radius 2 is 2.26 bits per heavy atom. The third-order valence-corrected chi connectivity index (χ3v) is 5.16. The van der Waals surface area contributed by atoms with E-state index in [1.54, 1.807) is 12.1 Å². The molecule has 0 saturated heterocycles. The fraction of sp³-hybridized carbons (Fsp3) is 0.167. The highest BCUT2D eigenvalue weighted by Gasteiger charge is 2.09. The number of hydrogen-bond acceptors (Lipinski definition) is 6. The molecule has 0 unspecified atom stereocenters. The van der Waals surface area contributed by atoms with Crippen molar-refractivity contribution in [2.24, 2.45) is 5.10 Å². The highest BCUT2D eigenvalue weighted by molar-refractivity contribution is 14.1. The van der Waals surface area contributed by atoms with E-state index in [9.17, 15) is 9.90 Å². The highest BCUT2D eigenvalue weighted by atomic mass is 127. The second kappa shape index (κ2) is 9.09. The molecule has 0 fully saturated rings. The molecule has 0 atom stereocenters. The fourth-order valence-corrected chi connectivity index (χ4v) is 3.58. The number of H-pyrrole nitrogens is 1. The highest BCUT2D eigenvalue weighted by Crippen LogP contribution is 2.32. The number of amides is 1. The molecular formula is C18H17IN4O3S. The quantitative estimate of drug-likeness (QED) is 0.201. The van der Waals surface area contributed by atoms with Gasteiger partial charge in [0.05, 0.1) is 33.2 Å². The number of nitrogens with one attached hydrogen (secondary N) is 2. The molecule has 27 heavy (non-hydrogen) atoms. The van der Waals surface area contributed by atoms with Gasteiger partial charge in [-0.25, -0.2) is 10.4 Å². The minimum atomic E-state index is -0.241. The Hall–Kier alpha value is -2.27. The van der Waals surface area contributed by atoms with Crippen LogP contribution in [-0.4, -0.2) is 39.6 Å². The number of phenols is 1. The predicted octanol–water partition coefficient (Wildman–Crippen LogP) is 3.51. The Bertz CT molecular complexity index is 957. The Morgan fingerprint density at radius 1 is 1.44 bits per heavy atom. The molecule has 0 radical (unpaired) electrons. The van der Waals surface area contributed by atoms with Crippen molar-refractivity contribution in [3.63, 3.8) is 0 Å². The van der Waals surface area contributed by atoms with Crippen LogP contribution in [0.15, 0.2) is 46.7 Å². The van der Waals surface area contributed by atoms with E-state index in [2.05, 4.69) is 20.5 Å². The average Bonchev–Trinajstić information content (AvgIpc) is 3.07. The Labute approximate surface area is 173 Å².